The number of rotatable bonds is 2. The van der Waals surface area contributed by atoms with Gasteiger partial charge in [0.1, 0.15) is 5.15 Å². The van der Waals surface area contributed by atoms with Gasteiger partial charge in [0.2, 0.25) is 0 Å². The van der Waals surface area contributed by atoms with Crippen molar-refractivity contribution in [2.24, 2.45) is 0 Å². The smallest absolute Gasteiger partial charge is 0.256 e. The monoisotopic (exact) mass is 388 g/mol. The van der Waals surface area contributed by atoms with E-state index in [9.17, 15) is 4.79 Å². The highest BCUT2D eigenvalue weighted by Gasteiger charge is 2.33. The predicted octanol–water partition coefficient (Wildman–Crippen LogP) is 5.24. The highest BCUT2D eigenvalue weighted by Crippen LogP contribution is 2.38. The number of carbonyl (C=O) groups excluding carboxylic acids is 1. The molecule has 0 fully saturated rings. The van der Waals surface area contributed by atoms with Crippen molar-refractivity contribution in [3.63, 3.8) is 0 Å². The molecule has 3 aromatic rings. The third-order valence-corrected chi connectivity index (χ3v) is 6.07. The van der Waals surface area contributed by atoms with Crippen molar-refractivity contribution < 1.29 is 4.79 Å². The molecule has 3 nitrogen and oxygen atoms in total. The van der Waals surface area contributed by atoms with Crippen molar-refractivity contribution in [1.29, 1.82) is 0 Å². The SMILES string of the molecule is O=C(c1cnc(Cl)c(Cl)c1)N1CCc2sccc2[C@@H]1c1ccccc1. The van der Waals surface area contributed by atoms with E-state index in [0.717, 1.165) is 12.0 Å². The zero-order valence-corrected chi connectivity index (χ0v) is 15.5. The molecule has 0 spiro atoms. The first-order valence-electron chi connectivity index (χ1n) is 7.88. The average molecular weight is 389 g/mol. The van der Waals surface area contributed by atoms with E-state index in [0.29, 0.717) is 12.1 Å². The number of pyridine rings is 1. The van der Waals surface area contributed by atoms with Crippen molar-refractivity contribution in [3.8, 4) is 0 Å². The van der Waals surface area contributed by atoms with E-state index >= 15 is 0 Å². The van der Waals surface area contributed by atoms with Gasteiger partial charge in [-0.25, -0.2) is 4.98 Å². The van der Waals surface area contributed by atoms with E-state index in [-0.39, 0.29) is 22.1 Å². The lowest BCUT2D eigenvalue weighted by Crippen LogP contribution is -2.40. The molecule has 0 saturated carbocycles. The van der Waals surface area contributed by atoms with Crippen LogP contribution in [0.2, 0.25) is 10.2 Å². The molecule has 0 aliphatic carbocycles. The fraction of sp³-hybridized carbons (Fsp3) is 0.158. The summed E-state index contributed by atoms with van der Waals surface area (Å²) in [5.41, 5.74) is 2.75. The Labute approximate surface area is 159 Å². The van der Waals surface area contributed by atoms with Crippen LogP contribution in [0.15, 0.2) is 54.0 Å². The molecule has 1 aliphatic rings. The molecule has 126 valence electrons. The lowest BCUT2D eigenvalue weighted by molar-refractivity contribution is 0.0695. The quantitative estimate of drug-likeness (QED) is 0.562. The number of halogens is 2. The van der Waals surface area contributed by atoms with Gasteiger partial charge in [-0.05, 0) is 35.1 Å². The van der Waals surface area contributed by atoms with Crippen LogP contribution in [0.25, 0.3) is 0 Å². The van der Waals surface area contributed by atoms with Gasteiger partial charge in [0, 0.05) is 17.6 Å². The van der Waals surface area contributed by atoms with Crippen LogP contribution < -0.4 is 0 Å². The summed E-state index contributed by atoms with van der Waals surface area (Å²) in [6.45, 7) is 0.659. The Morgan fingerprint density at radius 1 is 1.20 bits per heavy atom. The summed E-state index contributed by atoms with van der Waals surface area (Å²) in [5.74, 6) is -0.0863. The molecule has 1 aromatic carbocycles. The molecule has 0 radical (unpaired) electrons. The Morgan fingerprint density at radius 2 is 2.00 bits per heavy atom. The number of carbonyl (C=O) groups is 1. The molecule has 3 heterocycles. The highest BCUT2D eigenvalue weighted by molar-refractivity contribution is 7.10. The van der Waals surface area contributed by atoms with Crippen LogP contribution in [-0.4, -0.2) is 22.3 Å². The van der Waals surface area contributed by atoms with Crippen LogP contribution in [0.5, 0.6) is 0 Å². The number of thiophene rings is 1. The molecule has 0 saturated heterocycles. The van der Waals surface area contributed by atoms with Crippen LogP contribution in [0.4, 0.5) is 0 Å². The Morgan fingerprint density at radius 3 is 2.76 bits per heavy atom. The van der Waals surface area contributed by atoms with Crippen molar-refractivity contribution in [2.75, 3.05) is 6.54 Å². The van der Waals surface area contributed by atoms with Gasteiger partial charge in [-0.15, -0.1) is 11.3 Å². The molecule has 0 unspecified atom stereocenters. The summed E-state index contributed by atoms with van der Waals surface area (Å²) in [5, 5.41) is 2.59. The largest absolute Gasteiger partial charge is 0.327 e. The van der Waals surface area contributed by atoms with Crippen molar-refractivity contribution in [3.05, 3.63) is 85.8 Å². The fourth-order valence-corrected chi connectivity index (χ4v) is 4.41. The number of aromatic nitrogens is 1. The summed E-state index contributed by atoms with van der Waals surface area (Å²) in [7, 11) is 0. The Bertz CT molecular complexity index is 926. The van der Waals surface area contributed by atoms with Crippen molar-refractivity contribution in [2.45, 2.75) is 12.5 Å². The summed E-state index contributed by atoms with van der Waals surface area (Å²) in [6.07, 6.45) is 2.35. The van der Waals surface area contributed by atoms with Gasteiger partial charge in [-0.1, -0.05) is 53.5 Å². The minimum absolute atomic E-state index is 0.0863. The minimum atomic E-state index is -0.0989. The van der Waals surface area contributed by atoms with Crippen LogP contribution in [0.1, 0.15) is 32.4 Å². The molecule has 6 heteroatoms. The number of benzene rings is 1. The summed E-state index contributed by atoms with van der Waals surface area (Å²) in [4.78, 5) is 20.4. The molecule has 25 heavy (non-hydrogen) atoms. The highest BCUT2D eigenvalue weighted by atomic mass is 35.5. The van der Waals surface area contributed by atoms with Gasteiger partial charge < -0.3 is 4.90 Å². The fourth-order valence-electron chi connectivity index (χ4n) is 3.23. The van der Waals surface area contributed by atoms with Gasteiger partial charge >= 0.3 is 0 Å². The molecule has 0 bridgehead atoms. The Hall–Kier alpha value is -1.88. The van der Waals surface area contributed by atoms with Crippen molar-refractivity contribution in [1.82, 2.24) is 9.88 Å². The van der Waals surface area contributed by atoms with E-state index in [1.54, 1.807) is 17.4 Å². The molecule has 1 atom stereocenters. The van der Waals surface area contributed by atoms with Gasteiger partial charge in [0.25, 0.3) is 5.91 Å². The summed E-state index contributed by atoms with van der Waals surface area (Å²) < 4.78 is 0. The second-order valence-electron chi connectivity index (χ2n) is 5.86. The number of amides is 1. The van der Waals surface area contributed by atoms with Gasteiger partial charge in [0.05, 0.1) is 16.6 Å². The van der Waals surface area contributed by atoms with Gasteiger partial charge in [-0.2, -0.15) is 0 Å². The third-order valence-electron chi connectivity index (χ3n) is 4.39. The first kappa shape index (κ1) is 16.6. The third kappa shape index (κ3) is 3.06. The van der Waals surface area contributed by atoms with Crippen LogP contribution in [0.3, 0.4) is 0 Å². The Balaban J connectivity index is 1.77. The second-order valence-corrected chi connectivity index (χ2v) is 7.62. The number of nitrogens with zero attached hydrogens (tertiary/aromatic N) is 2. The normalized spacial score (nSPS) is 16.6. The predicted molar refractivity (Wildman–Crippen MR) is 102 cm³/mol. The van der Waals surface area contributed by atoms with Crippen LogP contribution in [0, 0.1) is 0 Å². The zero-order valence-electron chi connectivity index (χ0n) is 13.2. The first-order valence-corrected chi connectivity index (χ1v) is 9.52. The second kappa shape index (κ2) is 6.79. The maximum absolute atomic E-state index is 13.2. The number of hydrogen-bond acceptors (Lipinski definition) is 3. The van der Waals surface area contributed by atoms with Crippen LogP contribution in [-0.2, 0) is 6.42 Å². The van der Waals surface area contributed by atoms with Crippen molar-refractivity contribution >= 4 is 40.4 Å². The van der Waals surface area contributed by atoms with Gasteiger partial charge in [-0.3, -0.25) is 4.79 Å². The van der Waals surface area contributed by atoms with Gasteiger partial charge in [0.15, 0.2) is 0 Å². The van der Waals surface area contributed by atoms with E-state index in [1.807, 2.05) is 23.1 Å². The lowest BCUT2D eigenvalue weighted by Gasteiger charge is -2.36. The number of fused-ring (bicyclic) bond motifs is 1. The van der Waals surface area contributed by atoms with E-state index < -0.39 is 0 Å². The maximum atomic E-state index is 13.2. The molecule has 1 amide bonds. The van der Waals surface area contributed by atoms with E-state index in [4.69, 9.17) is 23.2 Å². The lowest BCUT2D eigenvalue weighted by atomic mass is 9.93. The summed E-state index contributed by atoms with van der Waals surface area (Å²) in [6, 6.07) is 13.7. The molecular weight excluding hydrogens is 375 g/mol. The first-order chi connectivity index (χ1) is 12.1. The average Bonchev–Trinajstić information content (AvgIpc) is 3.12. The molecule has 1 aliphatic heterocycles. The topological polar surface area (TPSA) is 33.2 Å². The van der Waals surface area contributed by atoms with E-state index in [2.05, 4.69) is 28.6 Å². The molecule has 2 aromatic heterocycles. The van der Waals surface area contributed by atoms with Crippen LogP contribution >= 0.6 is 34.5 Å². The molecule has 4 rings (SSSR count). The van der Waals surface area contributed by atoms with E-state index in [1.165, 1.54) is 16.6 Å². The molecule has 0 N–H and O–H groups in total. The number of hydrogen-bond donors (Lipinski definition) is 0. The summed E-state index contributed by atoms with van der Waals surface area (Å²) >= 11 is 13.7. The molecular formula is C19H14Cl2N2OS. The Kier molecular flexibility index (Phi) is 4.50. The minimum Gasteiger partial charge on any atom is -0.327 e. The maximum Gasteiger partial charge on any atom is 0.256 e. The standard InChI is InChI=1S/C19H14Cl2N2OS/c20-15-10-13(11-22-18(15)21)19(24)23-8-6-16-14(7-9-25-16)17(23)12-4-2-1-3-5-12/h1-5,7,9-11,17H,6,8H2/t17-/m0/s1. The zero-order chi connectivity index (χ0) is 17.4.